The van der Waals surface area contributed by atoms with E-state index < -0.39 is 5.79 Å². The minimum atomic E-state index is -0.403. The molecule has 3 nitrogen and oxygen atoms in total. The Morgan fingerprint density at radius 3 is 2.58 bits per heavy atom. The van der Waals surface area contributed by atoms with Crippen LogP contribution < -0.4 is 0 Å². The van der Waals surface area contributed by atoms with E-state index in [1.54, 1.807) is 0 Å². The van der Waals surface area contributed by atoms with Gasteiger partial charge in [0.15, 0.2) is 12.1 Å². The van der Waals surface area contributed by atoms with Crippen molar-refractivity contribution in [2.75, 3.05) is 0 Å². The van der Waals surface area contributed by atoms with Crippen molar-refractivity contribution >= 4 is 0 Å². The van der Waals surface area contributed by atoms with Gasteiger partial charge in [-0.05, 0) is 20.8 Å². The molecule has 0 amide bonds. The summed E-state index contributed by atoms with van der Waals surface area (Å²) in [5, 5.41) is 0. The van der Waals surface area contributed by atoms with Gasteiger partial charge in [0.2, 0.25) is 0 Å². The SMILES string of the molecule is CC1CC2(C)OC(C)CC(O1)O2. The summed E-state index contributed by atoms with van der Waals surface area (Å²) in [6, 6.07) is 0. The first-order valence-electron chi connectivity index (χ1n) is 4.58. The van der Waals surface area contributed by atoms with Crippen LogP contribution in [0, 0.1) is 0 Å². The standard InChI is InChI=1S/C9H16O3/c1-6-4-8-10-7(2)5-9(3,11-6)12-8/h6-8H,4-5H2,1-3H3. The van der Waals surface area contributed by atoms with E-state index in [0.29, 0.717) is 0 Å². The molecule has 4 atom stereocenters. The smallest absolute Gasteiger partial charge is 0.171 e. The van der Waals surface area contributed by atoms with Crippen LogP contribution in [0.15, 0.2) is 0 Å². The average molecular weight is 172 g/mol. The van der Waals surface area contributed by atoms with E-state index in [9.17, 15) is 0 Å². The molecule has 2 aliphatic heterocycles. The van der Waals surface area contributed by atoms with Crippen molar-refractivity contribution in [2.24, 2.45) is 0 Å². The van der Waals surface area contributed by atoms with Gasteiger partial charge in [-0.15, -0.1) is 0 Å². The highest BCUT2D eigenvalue weighted by Crippen LogP contribution is 2.36. The molecule has 0 spiro atoms. The molecule has 2 saturated heterocycles. The summed E-state index contributed by atoms with van der Waals surface area (Å²) in [5.74, 6) is -0.403. The fourth-order valence-electron chi connectivity index (χ4n) is 2.11. The van der Waals surface area contributed by atoms with Crippen LogP contribution in [0.5, 0.6) is 0 Å². The van der Waals surface area contributed by atoms with Gasteiger partial charge in [0, 0.05) is 12.8 Å². The number of rotatable bonds is 0. The largest absolute Gasteiger partial charge is 0.349 e. The van der Waals surface area contributed by atoms with E-state index in [1.165, 1.54) is 0 Å². The Bertz CT molecular complexity index is 161. The minimum absolute atomic E-state index is 0.0532. The predicted octanol–water partition coefficient (Wildman–Crippen LogP) is 1.66. The molecule has 2 fully saturated rings. The lowest BCUT2D eigenvalue weighted by atomic mass is 10.1. The molecule has 4 unspecified atom stereocenters. The maximum absolute atomic E-state index is 5.71. The van der Waals surface area contributed by atoms with E-state index >= 15 is 0 Å². The molecule has 2 bridgehead atoms. The minimum Gasteiger partial charge on any atom is -0.349 e. The predicted molar refractivity (Wildman–Crippen MR) is 43.6 cm³/mol. The summed E-state index contributed by atoms with van der Waals surface area (Å²) in [6.45, 7) is 6.12. The Kier molecular flexibility index (Phi) is 1.90. The van der Waals surface area contributed by atoms with Crippen molar-refractivity contribution in [3.63, 3.8) is 0 Å². The van der Waals surface area contributed by atoms with Crippen LogP contribution in [0.2, 0.25) is 0 Å². The lowest BCUT2D eigenvalue weighted by molar-refractivity contribution is -0.400. The van der Waals surface area contributed by atoms with Gasteiger partial charge in [0.25, 0.3) is 0 Å². The molecular formula is C9H16O3. The molecule has 3 heteroatoms. The van der Waals surface area contributed by atoms with Gasteiger partial charge in [-0.3, -0.25) is 0 Å². The van der Waals surface area contributed by atoms with Gasteiger partial charge >= 0.3 is 0 Å². The molecule has 0 aromatic rings. The van der Waals surface area contributed by atoms with Crippen LogP contribution in [-0.4, -0.2) is 24.3 Å². The molecule has 2 heterocycles. The van der Waals surface area contributed by atoms with E-state index in [1.807, 2.05) is 6.92 Å². The third-order valence-electron chi connectivity index (χ3n) is 2.40. The van der Waals surface area contributed by atoms with E-state index in [4.69, 9.17) is 14.2 Å². The molecule has 2 rings (SSSR count). The zero-order valence-corrected chi connectivity index (χ0v) is 7.87. The first kappa shape index (κ1) is 8.48. The molecule has 0 aromatic carbocycles. The molecular weight excluding hydrogens is 156 g/mol. The third-order valence-corrected chi connectivity index (χ3v) is 2.40. The Morgan fingerprint density at radius 1 is 1.17 bits per heavy atom. The van der Waals surface area contributed by atoms with Gasteiger partial charge < -0.3 is 14.2 Å². The van der Waals surface area contributed by atoms with Crippen LogP contribution in [0.25, 0.3) is 0 Å². The fourth-order valence-corrected chi connectivity index (χ4v) is 2.11. The van der Waals surface area contributed by atoms with Gasteiger partial charge in [-0.2, -0.15) is 0 Å². The lowest BCUT2D eigenvalue weighted by Gasteiger charge is -2.47. The number of ether oxygens (including phenoxy) is 3. The van der Waals surface area contributed by atoms with Crippen LogP contribution >= 0.6 is 0 Å². The summed E-state index contributed by atoms with van der Waals surface area (Å²) in [4.78, 5) is 0. The molecule has 12 heavy (non-hydrogen) atoms. The average Bonchev–Trinajstić information content (AvgIpc) is 1.78. The number of fused-ring (bicyclic) bond motifs is 2. The third kappa shape index (κ3) is 1.49. The van der Waals surface area contributed by atoms with E-state index in [-0.39, 0.29) is 18.5 Å². The van der Waals surface area contributed by atoms with Crippen LogP contribution in [0.4, 0.5) is 0 Å². The highest BCUT2D eigenvalue weighted by atomic mass is 16.8. The summed E-state index contributed by atoms with van der Waals surface area (Å²) in [7, 11) is 0. The maximum atomic E-state index is 5.71. The van der Waals surface area contributed by atoms with Crippen molar-refractivity contribution in [1.29, 1.82) is 0 Å². The normalized spacial score (nSPS) is 53.8. The summed E-state index contributed by atoms with van der Waals surface area (Å²) < 4.78 is 16.9. The van der Waals surface area contributed by atoms with Crippen molar-refractivity contribution in [3.05, 3.63) is 0 Å². The molecule has 0 N–H and O–H groups in total. The number of hydrogen-bond donors (Lipinski definition) is 0. The van der Waals surface area contributed by atoms with Crippen molar-refractivity contribution in [1.82, 2.24) is 0 Å². The van der Waals surface area contributed by atoms with Crippen LogP contribution in [-0.2, 0) is 14.2 Å². The van der Waals surface area contributed by atoms with Gasteiger partial charge in [-0.1, -0.05) is 0 Å². The van der Waals surface area contributed by atoms with E-state index in [0.717, 1.165) is 12.8 Å². The quantitative estimate of drug-likeness (QED) is 0.556. The maximum Gasteiger partial charge on any atom is 0.171 e. The molecule has 0 radical (unpaired) electrons. The topological polar surface area (TPSA) is 27.7 Å². The molecule has 2 aliphatic rings. The molecule has 0 aliphatic carbocycles. The van der Waals surface area contributed by atoms with Crippen molar-refractivity contribution in [2.45, 2.75) is 57.9 Å². The Labute approximate surface area is 73.0 Å². The Balaban J connectivity index is 2.11. The Morgan fingerprint density at radius 2 is 1.92 bits per heavy atom. The number of hydrogen-bond acceptors (Lipinski definition) is 3. The molecule has 0 aromatic heterocycles. The first-order chi connectivity index (χ1) is 5.57. The van der Waals surface area contributed by atoms with Crippen molar-refractivity contribution < 1.29 is 14.2 Å². The highest BCUT2D eigenvalue weighted by molar-refractivity contribution is 4.80. The van der Waals surface area contributed by atoms with Crippen LogP contribution in [0.3, 0.4) is 0 Å². The second-order valence-corrected chi connectivity index (χ2v) is 4.00. The fraction of sp³-hybridized carbons (Fsp3) is 1.00. The zero-order valence-electron chi connectivity index (χ0n) is 7.87. The molecule has 70 valence electrons. The van der Waals surface area contributed by atoms with Gasteiger partial charge in [-0.25, -0.2) is 0 Å². The molecule has 0 saturated carbocycles. The van der Waals surface area contributed by atoms with Gasteiger partial charge in [0.1, 0.15) is 0 Å². The van der Waals surface area contributed by atoms with Crippen molar-refractivity contribution in [3.8, 4) is 0 Å². The monoisotopic (exact) mass is 172 g/mol. The van der Waals surface area contributed by atoms with Crippen LogP contribution in [0.1, 0.15) is 33.6 Å². The first-order valence-corrected chi connectivity index (χ1v) is 4.58. The zero-order chi connectivity index (χ0) is 8.77. The van der Waals surface area contributed by atoms with E-state index in [2.05, 4.69) is 13.8 Å². The second-order valence-electron chi connectivity index (χ2n) is 4.00. The summed E-state index contributed by atoms with van der Waals surface area (Å²) in [5.41, 5.74) is 0. The second kappa shape index (κ2) is 2.69. The van der Waals surface area contributed by atoms with Gasteiger partial charge in [0.05, 0.1) is 12.2 Å². The highest BCUT2D eigenvalue weighted by Gasteiger charge is 2.43. The summed E-state index contributed by atoms with van der Waals surface area (Å²) in [6.07, 6.45) is 2.12. The Hall–Kier alpha value is -0.120. The summed E-state index contributed by atoms with van der Waals surface area (Å²) >= 11 is 0. The lowest BCUT2D eigenvalue weighted by Crippen LogP contribution is -2.53.